The van der Waals surface area contributed by atoms with Crippen molar-refractivity contribution in [3.8, 4) is 5.75 Å². The van der Waals surface area contributed by atoms with Crippen molar-refractivity contribution in [1.82, 2.24) is 5.32 Å². The average molecular weight is 387 g/mol. The summed E-state index contributed by atoms with van der Waals surface area (Å²) in [5.74, 6) is 0.206. The summed E-state index contributed by atoms with van der Waals surface area (Å²) >= 11 is 6.11. The van der Waals surface area contributed by atoms with E-state index in [0.717, 1.165) is 17.0 Å². The predicted molar refractivity (Wildman–Crippen MR) is 106 cm³/mol. The van der Waals surface area contributed by atoms with Crippen LogP contribution in [0, 0.1) is 5.92 Å². The number of halogens is 1. The van der Waals surface area contributed by atoms with Crippen molar-refractivity contribution in [2.75, 3.05) is 11.4 Å². The van der Waals surface area contributed by atoms with E-state index in [-0.39, 0.29) is 30.3 Å². The van der Waals surface area contributed by atoms with Crippen LogP contribution in [0.2, 0.25) is 5.02 Å². The van der Waals surface area contributed by atoms with Crippen LogP contribution in [0.3, 0.4) is 0 Å². The number of nitrogens with zero attached hydrogens (tertiary/aromatic N) is 1. The number of benzene rings is 2. The van der Waals surface area contributed by atoms with Gasteiger partial charge in [0.2, 0.25) is 11.8 Å². The summed E-state index contributed by atoms with van der Waals surface area (Å²) in [6, 6.07) is 14.8. The minimum Gasteiger partial charge on any atom is -0.491 e. The highest BCUT2D eigenvalue weighted by molar-refractivity contribution is 6.31. The fraction of sp³-hybridized carbons (Fsp3) is 0.333. The van der Waals surface area contributed by atoms with Gasteiger partial charge in [-0.15, -0.1) is 0 Å². The van der Waals surface area contributed by atoms with E-state index in [1.165, 1.54) is 0 Å². The lowest BCUT2D eigenvalue weighted by atomic mass is 10.1. The molecule has 1 atom stereocenters. The van der Waals surface area contributed by atoms with Gasteiger partial charge in [0, 0.05) is 30.2 Å². The van der Waals surface area contributed by atoms with Gasteiger partial charge in [-0.2, -0.15) is 0 Å². The molecule has 3 rings (SSSR count). The summed E-state index contributed by atoms with van der Waals surface area (Å²) in [5.41, 5.74) is 1.63. The van der Waals surface area contributed by atoms with Crippen LogP contribution >= 0.6 is 11.6 Å². The number of hydrogen-bond donors (Lipinski definition) is 1. The topological polar surface area (TPSA) is 58.6 Å². The molecular formula is C21H23ClN2O3. The average Bonchev–Trinajstić information content (AvgIpc) is 3.03. The molecule has 2 amide bonds. The lowest BCUT2D eigenvalue weighted by Crippen LogP contribution is -2.32. The lowest BCUT2D eigenvalue weighted by molar-refractivity contribution is -0.126. The van der Waals surface area contributed by atoms with Crippen LogP contribution in [-0.4, -0.2) is 24.5 Å². The summed E-state index contributed by atoms with van der Waals surface area (Å²) in [4.78, 5) is 26.5. The fourth-order valence-corrected chi connectivity index (χ4v) is 3.28. The SMILES string of the molecule is CC(C)Oc1ccc(N2CC(C(=O)NCc3ccccc3Cl)CC2=O)cc1. The van der Waals surface area contributed by atoms with Gasteiger partial charge in [0.1, 0.15) is 5.75 Å². The minimum atomic E-state index is -0.369. The molecule has 5 nitrogen and oxygen atoms in total. The largest absolute Gasteiger partial charge is 0.491 e. The number of hydrogen-bond acceptors (Lipinski definition) is 3. The van der Waals surface area contributed by atoms with Gasteiger partial charge in [0.25, 0.3) is 0 Å². The molecule has 0 bridgehead atoms. The summed E-state index contributed by atoms with van der Waals surface area (Å²) in [7, 11) is 0. The van der Waals surface area contributed by atoms with Crippen molar-refractivity contribution in [3.05, 3.63) is 59.1 Å². The molecule has 142 valence electrons. The Bertz CT molecular complexity index is 820. The second-order valence-corrected chi connectivity index (χ2v) is 7.28. The molecule has 1 heterocycles. The van der Waals surface area contributed by atoms with E-state index in [0.29, 0.717) is 18.1 Å². The smallest absolute Gasteiger partial charge is 0.227 e. The summed E-state index contributed by atoms with van der Waals surface area (Å²) in [5, 5.41) is 3.50. The summed E-state index contributed by atoms with van der Waals surface area (Å²) in [6.07, 6.45) is 0.300. The van der Waals surface area contributed by atoms with Crippen molar-refractivity contribution in [3.63, 3.8) is 0 Å². The van der Waals surface area contributed by atoms with Crippen LogP contribution in [0.15, 0.2) is 48.5 Å². The first-order chi connectivity index (χ1) is 12.9. The highest BCUT2D eigenvalue weighted by atomic mass is 35.5. The Kier molecular flexibility index (Phi) is 6.01. The zero-order chi connectivity index (χ0) is 19.4. The quantitative estimate of drug-likeness (QED) is 0.821. The van der Waals surface area contributed by atoms with Crippen LogP contribution in [0.1, 0.15) is 25.8 Å². The van der Waals surface area contributed by atoms with Crippen LogP contribution in [0.25, 0.3) is 0 Å². The number of ether oxygens (including phenoxy) is 1. The highest BCUT2D eigenvalue weighted by Crippen LogP contribution is 2.27. The monoisotopic (exact) mass is 386 g/mol. The van der Waals surface area contributed by atoms with E-state index in [2.05, 4.69) is 5.32 Å². The maximum atomic E-state index is 12.5. The third-order valence-electron chi connectivity index (χ3n) is 4.43. The molecule has 1 N–H and O–H groups in total. The van der Waals surface area contributed by atoms with Gasteiger partial charge in [0.15, 0.2) is 0 Å². The number of carbonyl (C=O) groups is 2. The van der Waals surface area contributed by atoms with E-state index in [4.69, 9.17) is 16.3 Å². The Morgan fingerprint density at radius 2 is 1.93 bits per heavy atom. The van der Waals surface area contributed by atoms with Crippen molar-refractivity contribution < 1.29 is 14.3 Å². The second kappa shape index (κ2) is 8.44. The number of anilines is 1. The Balaban J connectivity index is 1.59. The zero-order valence-electron chi connectivity index (χ0n) is 15.4. The molecule has 0 spiro atoms. The number of nitrogens with one attached hydrogen (secondary N) is 1. The van der Waals surface area contributed by atoms with Gasteiger partial charge in [-0.1, -0.05) is 29.8 Å². The Labute approximate surface area is 164 Å². The van der Waals surface area contributed by atoms with Gasteiger partial charge in [-0.25, -0.2) is 0 Å². The molecule has 2 aromatic carbocycles. The fourth-order valence-electron chi connectivity index (χ4n) is 3.08. The molecule has 0 saturated carbocycles. The van der Waals surface area contributed by atoms with Gasteiger partial charge in [-0.05, 0) is 49.7 Å². The Morgan fingerprint density at radius 3 is 2.59 bits per heavy atom. The molecule has 0 radical (unpaired) electrons. The van der Waals surface area contributed by atoms with E-state index in [1.54, 1.807) is 11.0 Å². The molecule has 0 aromatic heterocycles. The third-order valence-corrected chi connectivity index (χ3v) is 4.80. The number of carbonyl (C=O) groups excluding carboxylic acids is 2. The maximum absolute atomic E-state index is 12.5. The molecular weight excluding hydrogens is 364 g/mol. The molecule has 1 aliphatic heterocycles. The van der Waals surface area contributed by atoms with Crippen LogP contribution in [0.4, 0.5) is 5.69 Å². The normalized spacial score (nSPS) is 16.7. The standard InChI is InChI=1S/C21H23ClN2O3/c1-14(2)27-18-9-7-17(8-10-18)24-13-16(11-20(24)25)21(26)23-12-15-5-3-4-6-19(15)22/h3-10,14,16H,11-13H2,1-2H3,(H,23,26). The van der Waals surface area contributed by atoms with Gasteiger partial charge < -0.3 is 15.0 Å². The van der Waals surface area contributed by atoms with Crippen molar-refractivity contribution in [2.45, 2.75) is 32.9 Å². The zero-order valence-corrected chi connectivity index (χ0v) is 16.2. The van der Waals surface area contributed by atoms with E-state index < -0.39 is 0 Å². The molecule has 6 heteroatoms. The number of rotatable bonds is 6. The molecule has 1 saturated heterocycles. The van der Waals surface area contributed by atoms with Crippen molar-refractivity contribution >= 4 is 29.1 Å². The molecule has 0 aliphatic carbocycles. The van der Waals surface area contributed by atoms with Crippen molar-refractivity contribution in [2.24, 2.45) is 5.92 Å². The van der Waals surface area contributed by atoms with Crippen molar-refractivity contribution in [1.29, 1.82) is 0 Å². The van der Waals surface area contributed by atoms with Gasteiger partial charge >= 0.3 is 0 Å². The summed E-state index contributed by atoms with van der Waals surface area (Å²) < 4.78 is 5.62. The first kappa shape index (κ1) is 19.2. The minimum absolute atomic E-state index is 0.0505. The van der Waals surface area contributed by atoms with E-state index in [9.17, 15) is 9.59 Å². The molecule has 1 fully saturated rings. The van der Waals surface area contributed by atoms with E-state index in [1.807, 2.05) is 56.3 Å². The molecule has 1 aliphatic rings. The number of amides is 2. The van der Waals surface area contributed by atoms with Crippen LogP contribution < -0.4 is 15.0 Å². The second-order valence-electron chi connectivity index (χ2n) is 6.88. The Hall–Kier alpha value is -2.53. The van der Waals surface area contributed by atoms with Gasteiger partial charge in [0.05, 0.1) is 12.0 Å². The first-order valence-corrected chi connectivity index (χ1v) is 9.40. The lowest BCUT2D eigenvalue weighted by Gasteiger charge is -2.18. The molecule has 27 heavy (non-hydrogen) atoms. The third kappa shape index (κ3) is 4.80. The molecule has 2 aromatic rings. The van der Waals surface area contributed by atoms with Crippen LogP contribution in [-0.2, 0) is 16.1 Å². The summed E-state index contributed by atoms with van der Waals surface area (Å²) in [6.45, 7) is 4.65. The highest BCUT2D eigenvalue weighted by Gasteiger charge is 2.35. The first-order valence-electron chi connectivity index (χ1n) is 9.02. The van der Waals surface area contributed by atoms with Gasteiger partial charge in [-0.3, -0.25) is 9.59 Å². The van der Waals surface area contributed by atoms with Crippen LogP contribution in [0.5, 0.6) is 5.75 Å². The van der Waals surface area contributed by atoms with E-state index >= 15 is 0 Å². The predicted octanol–water partition coefficient (Wildman–Crippen LogP) is 3.80. The maximum Gasteiger partial charge on any atom is 0.227 e. The molecule has 1 unspecified atom stereocenters. The Morgan fingerprint density at radius 1 is 1.22 bits per heavy atom.